The highest BCUT2D eigenvalue weighted by atomic mass is 16.5. The molecule has 0 spiro atoms. The average Bonchev–Trinajstić information content (AvgIpc) is 2.50. The van der Waals surface area contributed by atoms with Gasteiger partial charge in [0.1, 0.15) is 5.75 Å². The van der Waals surface area contributed by atoms with Crippen LogP contribution in [0.5, 0.6) is 5.75 Å². The van der Waals surface area contributed by atoms with Crippen LogP contribution in [0.2, 0.25) is 0 Å². The van der Waals surface area contributed by atoms with Gasteiger partial charge < -0.3 is 4.74 Å². The number of carbonyl (C=O) groups is 1. The first kappa shape index (κ1) is 13.7. The van der Waals surface area contributed by atoms with Crippen LogP contribution in [0.1, 0.15) is 22.8 Å². The summed E-state index contributed by atoms with van der Waals surface area (Å²) in [7, 11) is 0. The maximum absolute atomic E-state index is 11.8. The molecule has 0 saturated carbocycles. The number of hydrogen-bond donors (Lipinski definition) is 1. The zero-order chi connectivity index (χ0) is 14.2. The lowest BCUT2D eigenvalue weighted by Gasteiger charge is -2.05. The van der Waals surface area contributed by atoms with E-state index in [4.69, 9.17) is 4.74 Å². The Hall–Kier alpha value is -2.69. The van der Waals surface area contributed by atoms with Crippen molar-refractivity contribution in [1.82, 2.24) is 10.4 Å². The first-order valence-electron chi connectivity index (χ1n) is 6.26. The summed E-state index contributed by atoms with van der Waals surface area (Å²) in [6.45, 7) is 2.49. The molecule has 1 amide bonds. The molecular formula is C15H15N3O2. The fourth-order valence-electron chi connectivity index (χ4n) is 1.60. The Morgan fingerprint density at radius 1 is 1.30 bits per heavy atom. The van der Waals surface area contributed by atoms with Crippen molar-refractivity contribution >= 4 is 12.1 Å². The molecule has 1 heterocycles. The van der Waals surface area contributed by atoms with E-state index < -0.39 is 0 Å². The number of pyridine rings is 1. The van der Waals surface area contributed by atoms with Crippen molar-refractivity contribution in [2.24, 2.45) is 5.10 Å². The van der Waals surface area contributed by atoms with E-state index in [-0.39, 0.29) is 5.91 Å². The van der Waals surface area contributed by atoms with E-state index in [9.17, 15) is 4.79 Å². The minimum absolute atomic E-state index is 0.280. The van der Waals surface area contributed by atoms with Crippen LogP contribution in [-0.2, 0) is 0 Å². The third kappa shape index (κ3) is 3.65. The van der Waals surface area contributed by atoms with Crippen molar-refractivity contribution in [2.75, 3.05) is 6.61 Å². The van der Waals surface area contributed by atoms with Gasteiger partial charge in [-0.1, -0.05) is 12.1 Å². The van der Waals surface area contributed by atoms with E-state index in [1.54, 1.807) is 30.7 Å². The van der Waals surface area contributed by atoms with Crippen LogP contribution in [-0.4, -0.2) is 23.7 Å². The standard InChI is InChI=1S/C15H15N3O2/c1-2-20-14-6-4-3-5-13(14)11-17-18-15(19)12-7-9-16-10-8-12/h3-11H,2H2,1H3,(H,18,19)/b17-11-. The van der Waals surface area contributed by atoms with Gasteiger partial charge in [0.05, 0.1) is 12.8 Å². The fourth-order valence-corrected chi connectivity index (χ4v) is 1.60. The van der Waals surface area contributed by atoms with Crippen LogP contribution in [0.25, 0.3) is 0 Å². The number of para-hydroxylation sites is 1. The summed E-state index contributed by atoms with van der Waals surface area (Å²) >= 11 is 0. The quantitative estimate of drug-likeness (QED) is 0.669. The Labute approximate surface area is 117 Å². The predicted octanol–water partition coefficient (Wildman–Crippen LogP) is 2.24. The molecule has 0 aliphatic heterocycles. The predicted molar refractivity (Wildman–Crippen MR) is 76.9 cm³/mol. The smallest absolute Gasteiger partial charge is 0.271 e. The normalized spacial score (nSPS) is 10.4. The minimum Gasteiger partial charge on any atom is -0.493 e. The number of ether oxygens (including phenoxy) is 1. The van der Waals surface area contributed by atoms with E-state index in [0.717, 1.165) is 11.3 Å². The van der Waals surface area contributed by atoms with Gasteiger partial charge in [-0.15, -0.1) is 0 Å². The third-order valence-electron chi connectivity index (χ3n) is 2.53. The molecule has 5 nitrogen and oxygen atoms in total. The van der Waals surface area contributed by atoms with Gasteiger partial charge in [-0.25, -0.2) is 5.43 Å². The maximum Gasteiger partial charge on any atom is 0.271 e. The molecule has 0 aliphatic rings. The molecule has 0 atom stereocenters. The maximum atomic E-state index is 11.8. The Kier molecular flexibility index (Phi) is 4.83. The largest absolute Gasteiger partial charge is 0.493 e. The highest BCUT2D eigenvalue weighted by Crippen LogP contribution is 2.15. The Morgan fingerprint density at radius 3 is 2.80 bits per heavy atom. The number of amides is 1. The SMILES string of the molecule is CCOc1ccccc1/C=N\NC(=O)c1ccncc1. The summed E-state index contributed by atoms with van der Waals surface area (Å²) < 4.78 is 5.47. The van der Waals surface area contributed by atoms with Crippen molar-refractivity contribution in [3.63, 3.8) is 0 Å². The first-order valence-corrected chi connectivity index (χ1v) is 6.26. The summed E-state index contributed by atoms with van der Waals surface area (Å²) in [5.41, 5.74) is 3.78. The summed E-state index contributed by atoms with van der Waals surface area (Å²) in [4.78, 5) is 15.6. The Balaban J connectivity index is 2.02. The molecule has 0 radical (unpaired) electrons. The summed E-state index contributed by atoms with van der Waals surface area (Å²) in [6.07, 6.45) is 4.68. The van der Waals surface area contributed by atoms with Crippen molar-refractivity contribution in [3.05, 3.63) is 59.9 Å². The van der Waals surface area contributed by atoms with Crippen LogP contribution in [0.3, 0.4) is 0 Å². The molecule has 0 aliphatic carbocycles. The number of rotatable bonds is 5. The molecule has 5 heteroatoms. The second kappa shape index (κ2) is 7.04. The van der Waals surface area contributed by atoms with Gasteiger partial charge in [0.2, 0.25) is 0 Å². The number of benzene rings is 1. The summed E-state index contributed by atoms with van der Waals surface area (Å²) in [6, 6.07) is 10.7. The average molecular weight is 269 g/mol. The Morgan fingerprint density at radius 2 is 2.05 bits per heavy atom. The topological polar surface area (TPSA) is 63.6 Å². The highest BCUT2D eigenvalue weighted by molar-refractivity contribution is 5.94. The van der Waals surface area contributed by atoms with Crippen molar-refractivity contribution in [1.29, 1.82) is 0 Å². The monoisotopic (exact) mass is 269 g/mol. The van der Waals surface area contributed by atoms with Crippen LogP contribution in [0.15, 0.2) is 53.9 Å². The molecule has 0 fully saturated rings. The van der Waals surface area contributed by atoms with Gasteiger partial charge in [-0.3, -0.25) is 9.78 Å². The molecule has 1 aromatic heterocycles. The number of nitrogens with zero attached hydrogens (tertiary/aromatic N) is 2. The van der Waals surface area contributed by atoms with Crippen molar-refractivity contribution in [3.8, 4) is 5.75 Å². The molecular weight excluding hydrogens is 254 g/mol. The van der Waals surface area contributed by atoms with E-state index >= 15 is 0 Å². The summed E-state index contributed by atoms with van der Waals surface area (Å²) in [5, 5.41) is 3.94. The fraction of sp³-hybridized carbons (Fsp3) is 0.133. The van der Waals surface area contributed by atoms with Gasteiger partial charge in [0.25, 0.3) is 5.91 Å². The zero-order valence-corrected chi connectivity index (χ0v) is 11.1. The van der Waals surface area contributed by atoms with Crippen molar-refractivity contribution < 1.29 is 9.53 Å². The van der Waals surface area contributed by atoms with E-state index in [2.05, 4.69) is 15.5 Å². The lowest BCUT2D eigenvalue weighted by Crippen LogP contribution is -2.17. The van der Waals surface area contributed by atoms with E-state index in [1.807, 2.05) is 31.2 Å². The van der Waals surface area contributed by atoms with Crippen LogP contribution >= 0.6 is 0 Å². The third-order valence-corrected chi connectivity index (χ3v) is 2.53. The number of aromatic nitrogens is 1. The lowest BCUT2D eigenvalue weighted by atomic mass is 10.2. The second-order valence-electron chi connectivity index (χ2n) is 3.91. The van der Waals surface area contributed by atoms with Crippen LogP contribution in [0, 0.1) is 0 Å². The lowest BCUT2D eigenvalue weighted by molar-refractivity contribution is 0.0955. The molecule has 0 saturated heterocycles. The van der Waals surface area contributed by atoms with Gasteiger partial charge in [-0.05, 0) is 31.2 Å². The second-order valence-corrected chi connectivity index (χ2v) is 3.91. The number of hydrazone groups is 1. The number of nitrogens with one attached hydrogen (secondary N) is 1. The molecule has 20 heavy (non-hydrogen) atoms. The Bertz CT molecular complexity index is 597. The van der Waals surface area contributed by atoms with Gasteiger partial charge >= 0.3 is 0 Å². The van der Waals surface area contributed by atoms with Crippen molar-refractivity contribution in [2.45, 2.75) is 6.92 Å². The molecule has 2 aromatic rings. The first-order chi connectivity index (χ1) is 9.81. The van der Waals surface area contributed by atoms with Crippen LogP contribution in [0.4, 0.5) is 0 Å². The van der Waals surface area contributed by atoms with E-state index in [0.29, 0.717) is 12.2 Å². The van der Waals surface area contributed by atoms with E-state index in [1.165, 1.54) is 0 Å². The molecule has 1 aromatic carbocycles. The highest BCUT2D eigenvalue weighted by Gasteiger charge is 2.03. The van der Waals surface area contributed by atoms with Crippen LogP contribution < -0.4 is 10.2 Å². The molecule has 0 bridgehead atoms. The molecule has 1 N–H and O–H groups in total. The van der Waals surface area contributed by atoms with Gasteiger partial charge in [-0.2, -0.15) is 5.10 Å². The molecule has 102 valence electrons. The zero-order valence-electron chi connectivity index (χ0n) is 11.1. The molecule has 0 unspecified atom stereocenters. The van der Waals surface area contributed by atoms with Gasteiger partial charge in [0.15, 0.2) is 0 Å². The number of hydrogen-bond acceptors (Lipinski definition) is 4. The minimum atomic E-state index is -0.280. The molecule has 2 rings (SSSR count). The van der Waals surface area contributed by atoms with Gasteiger partial charge in [0, 0.05) is 23.5 Å². The number of carbonyl (C=O) groups excluding carboxylic acids is 1. The summed E-state index contributed by atoms with van der Waals surface area (Å²) in [5.74, 6) is 0.453.